The van der Waals surface area contributed by atoms with Crippen LogP contribution < -0.4 is 4.72 Å². The third kappa shape index (κ3) is 5.85. The largest absolute Gasteiger partial charge is 0.315 e. The number of hydrogen-bond donors (Lipinski definition) is 1. The summed E-state index contributed by atoms with van der Waals surface area (Å²) in [7, 11) is -3.34. The Morgan fingerprint density at radius 2 is 2.00 bits per heavy atom. The molecule has 0 aliphatic carbocycles. The van der Waals surface area contributed by atoms with E-state index in [0.29, 0.717) is 17.4 Å². The Bertz CT molecular complexity index is 1100. The average molecular weight is 465 g/mol. The molecule has 0 aliphatic heterocycles. The molecule has 0 bridgehead atoms. The number of imidazole rings is 1. The van der Waals surface area contributed by atoms with Crippen LogP contribution in [0.4, 0.5) is 0 Å². The minimum absolute atomic E-state index is 0.0229. The lowest BCUT2D eigenvalue weighted by Crippen LogP contribution is -2.26. The maximum Gasteiger partial charge on any atom is 0.211 e. The Morgan fingerprint density at radius 1 is 1.20 bits per heavy atom. The van der Waals surface area contributed by atoms with Crippen molar-refractivity contribution in [3.8, 4) is 0 Å². The van der Waals surface area contributed by atoms with E-state index in [9.17, 15) is 8.42 Å². The number of nitrogens with zero attached hydrogens (tertiary/aromatic N) is 3. The monoisotopic (exact) mass is 464 g/mol. The number of pyridine rings is 1. The molecule has 9 heteroatoms. The molecule has 0 atom stereocenters. The van der Waals surface area contributed by atoms with Crippen LogP contribution >= 0.6 is 23.4 Å². The molecule has 0 aliphatic rings. The second-order valence-electron chi connectivity index (χ2n) is 7.06. The lowest BCUT2D eigenvalue weighted by molar-refractivity contribution is 0.574. The molecule has 0 spiro atoms. The Labute approximate surface area is 187 Å². The molecule has 1 N–H and O–H groups in total. The van der Waals surface area contributed by atoms with E-state index in [1.54, 1.807) is 24.9 Å². The van der Waals surface area contributed by atoms with Crippen LogP contribution in [0.15, 0.2) is 58.6 Å². The smallest absolute Gasteiger partial charge is 0.211 e. The van der Waals surface area contributed by atoms with E-state index in [0.717, 1.165) is 21.3 Å². The molecule has 2 aromatic heterocycles. The molecule has 2 heterocycles. The summed E-state index contributed by atoms with van der Waals surface area (Å²) >= 11 is 7.76. The van der Waals surface area contributed by atoms with Gasteiger partial charge in [0, 0.05) is 16.1 Å². The predicted molar refractivity (Wildman–Crippen MR) is 122 cm³/mol. The van der Waals surface area contributed by atoms with Crippen LogP contribution in [0.3, 0.4) is 0 Å². The van der Waals surface area contributed by atoms with Crippen molar-refractivity contribution in [1.29, 1.82) is 0 Å². The first-order chi connectivity index (χ1) is 14.3. The molecule has 3 aromatic rings. The minimum Gasteiger partial charge on any atom is -0.315 e. The van der Waals surface area contributed by atoms with Crippen LogP contribution in [0.2, 0.25) is 5.02 Å². The van der Waals surface area contributed by atoms with Gasteiger partial charge in [-0.25, -0.2) is 18.1 Å². The molecular formula is C21H25ClN4O2S2. The van der Waals surface area contributed by atoms with E-state index in [2.05, 4.69) is 23.6 Å². The van der Waals surface area contributed by atoms with Crippen LogP contribution in [0.5, 0.6) is 0 Å². The van der Waals surface area contributed by atoms with Crippen molar-refractivity contribution in [1.82, 2.24) is 19.3 Å². The fourth-order valence-electron chi connectivity index (χ4n) is 2.86. The van der Waals surface area contributed by atoms with E-state index < -0.39 is 10.0 Å². The van der Waals surface area contributed by atoms with Crippen molar-refractivity contribution in [3.05, 3.63) is 70.9 Å². The second-order valence-corrected chi connectivity index (χ2v) is 10.7. The van der Waals surface area contributed by atoms with Gasteiger partial charge in [0.25, 0.3) is 0 Å². The maximum atomic E-state index is 12.0. The summed E-state index contributed by atoms with van der Waals surface area (Å²) in [5, 5.41) is 1.63. The Balaban J connectivity index is 2.06. The van der Waals surface area contributed by atoms with Gasteiger partial charge in [-0.3, -0.25) is 4.98 Å². The van der Waals surface area contributed by atoms with Gasteiger partial charge in [0.15, 0.2) is 0 Å². The number of benzene rings is 1. The molecule has 0 saturated carbocycles. The fraction of sp³-hybridized carbons (Fsp3) is 0.333. The highest BCUT2D eigenvalue weighted by Gasteiger charge is 2.22. The normalized spacial score (nSPS) is 11.9. The summed E-state index contributed by atoms with van der Waals surface area (Å²) in [6, 6.07) is 13.4. The van der Waals surface area contributed by atoms with Crippen molar-refractivity contribution in [2.75, 3.05) is 5.75 Å². The number of sulfonamides is 1. The first-order valence-corrected chi connectivity index (χ1v) is 12.5. The van der Waals surface area contributed by atoms with Gasteiger partial charge in [0.05, 0.1) is 30.2 Å². The molecule has 6 nitrogen and oxygen atoms in total. The van der Waals surface area contributed by atoms with Gasteiger partial charge in [-0.15, -0.1) is 0 Å². The lowest BCUT2D eigenvalue weighted by Gasteiger charge is -2.13. The third-order valence-corrected chi connectivity index (χ3v) is 7.15. The van der Waals surface area contributed by atoms with E-state index >= 15 is 0 Å². The first kappa shape index (κ1) is 22.8. The summed E-state index contributed by atoms with van der Waals surface area (Å²) in [5.74, 6) is 0.846. The van der Waals surface area contributed by atoms with E-state index in [1.807, 2.05) is 47.0 Å². The summed E-state index contributed by atoms with van der Waals surface area (Å²) in [4.78, 5) is 10.2. The Kier molecular flexibility index (Phi) is 7.57. The third-order valence-electron chi connectivity index (χ3n) is 4.46. The van der Waals surface area contributed by atoms with Gasteiger partial charge in [-0.1, -0.05) is 49.3 Å². The van der Waals surface area contributed by atoms with Crippen molar-refractivity contribution >= 4 is 33.4 Å². The van der Waals surface area contributed by atoms with Crippen molar-refractivity contribution in [3.63, 3.8) is 0 Å². The van der Waals surface area contributed by atoms with Crippen molar-refractivity contribution < 1.29 is 8.42 Å². The van der Waals surface area contributed by atoms with Crippen LogP contribution in [0, 0.1) is 0 Å². The van der Waals surface area contributed by atoms with Gasteiger partial charge in [-0.05, 0) is 43.2 Å². The molecular weight excluding hydrogens is 440 g/mol. The van der Waals surface area contributed by atoms with E-state index in [-0.39, 0.29) is 18.2 Å². The lowest BCUT2D eigenvalue weighted by atomic mass is 10.1. The van der Waals surface area contributed by atoms with E-state index in [1.165, 1.54) is 0 Å². The highest BCUT2D eigenvalue weighted by molar-refractivity contribution is 7.99. The number of hydrogen-bond acceptors (Lipinski definition) is 5. The van der Waals surface area contributed by atoms with Crippen LogP contribution in [-0.4, -0.2) is 28.7 Å². The molecule has 3 rings (SSSR count). The molecule has 0 amide bonds. The van der Waals surface area contributed by atoms with Crippen LogP contribution in [0.25, 0.3) is 0 Å². The second kappa shape index (κ2) is 9.96. The average Bonchev–Trinajstić information content (AvgIpc) is 3.05. The standard InChI is InChI=1S/C21H25ClN4O2S2/c1-4-30(27,28)24-13-19-25-20(15(2)3)21(29-18-10-7-8-16(22)12-18)26(19)14-17-9-5-6-11-23-17/h5-12,15,24H,4,13-14H2,1-3H3. The number of rotatable bonds is 9. The number of halogens is 1. The molecule has 1 aromatic carbocycles. The van der Waals surface area contributed by atoms with Crippen molar-refractivity contribution in [2.45, 2.75) is 49.7 Å². The zero-order chi connectivity index (χ0) is 21.7. The van der Waals surface area contributed by atoms with Crippen molar-refractivity contribution in [2.24, 2.45) is 0 Å². The molecule has 0 unspecified atom stereocenters. The zero-order valence-electron chi connectivity index (χ0n) is 17.2. The minimum atomic E-state index is -3.34. The number of nitrogens with one attached hydrogen (secondary N) is 1. The number of aromatic nitrogens is 3. The zero-order valence-corrected chi connectivity index (χ0v) is 19.6. The molecule has 0 radical (unpaired) electrons. The SMILES string of the molecule is CCS(=O)(=O)NCc1nc(C(C)C)c(Sc2cccc(Cl)c2)n1Cc1ccccn1. The Morgan fingerprint density at radius 3 is 2.63 bits per heavy atom. The molecule has 0 saturated heterocycles. The molecule has 160 valence electrons. The summed E-state index contributed by atoms with van der Waals surface area (Å²) < 4.78 is 28.7. The predicted octanol–water partition coefficient (Wildman–Crippen LogP) is 4.69. The molecule has 0 fully saturated rings. The quantitative estimate of drug-likeness (QED) is 0.497. The summed E-state index contributed by atoms with van der Waals surface area (Å²) in [5.41, 5.74) is 1.79. The van der Waals surface area contributed by atoms with E-state index in [4.69, 9.17) is 16.6 Å². The maximum absolute atomic E-state index is 12.0. The van der Waals surface area contributed by atoms with Gasteiger partial charge in [0.1, 0.15) is 10.9 Å². The summed E-state index contributed by atoms with van der Waals surface area (Å²) in [6.45, 7) is 6.39. The highest BCUT2D eigenvalue weighted by atomic mass is 35.5. The van der Waals surface area contributed by atoms with Gasteiger partial charge in [-0.2, -0.15) is 0 Å². The fourth-order valence-corrected chi connectivity index (χ4v) is 4.89. The van der Waals surface area contributed by atoms with Gasteiger partial charge in [0.2, 0.25) is 10.0 Å². The van der Waals surface area contributed by atoms with Gasteiger partial charge < -0.3 is 4.57 Å². The first-order valence-electron chi connectivity index (χ1n) is 9.69. The Hall–Kier alpha value is -1.87. The highest BCUT2D eigenvalue weighted by Crippen LogP contribution is 2.36. The molecule has 30 heavy (non-hydrogen) atoms. The van der Waals surface area contributed by atoms with Crippen LogP contribution in [-0.2, 0) is 23.1 Å². The summed E-state index contributed by atoms with van der Waals surface area (Å²) in [6.07, 6.45) is 1.75. The van der Waals surface area contributed by atoms with Crippen LogP contribution in [0.1, 0.15) is 43.9 Å². The topological polar surface area (TPSA) is 76.9 Å². The van der Waals surface area contributed by atoms with Gasteiger partial charge >= 0.3 is 0 Å².